The highest BCUT2D eigenvalue weighted by atomic mass is 16.2. The molecule has 3 aromatic rings. The number of nitrogens with zero attached hydrogens (tertiary/aromatic N) is 2. The minimum Gasteiger partial charge on any atom is -0.384 e. The Bertz CT molecular complexity index is 1270. The van der Waals surface area contributed by atoms with E-state index in [1.165, 1.54) is 19.3 Å². The van der Waals surface area contributed by atoms with Gasteiger partial charge in [0.2, 0.25) is 0 Å². The molecule has 1 aromatic heterocycles. The van der Waals surface area contributed by atoms with Crippen LogP contribution in [0, 0.1) is 0 Å². The second-order valence-corrected chi connectivity index (χ2v) is 10.3. The molecular weight excluding hydrogens is 490 g/mol. The van der Waals surface area contributed by atoms with Gasteiger partial charge in [-0.1, -0.05) is 30.7 Å². The molecule has 1 aliphatic carbocycles. The van der Waals surface area contributed by atoms with Crippen LogP contribution in [0.2, 0.25) is 0 Å². The van der Waals surface area contributed by atoms with E-state index in [4.69, 9.17) is 5.73 Å². The molecule has 0 unspecified atom stereocenters. The van der Waals surface area contributed by atoms with Crippen molar-refractivity contribution in [1.29, 1.82) is 0 Å². The van der Waals surface area contributed by atoms with Crippen LogP contribution >= 0.6 is 0 Å². The van der Waals surface area contributed by atoms with Crippen molar-refractivity contribution >= 4 is 29.1 Å². The third kappa shape index (κ3) is 7.70. The maximum Gasteiger partial charge on any atom is 0.319 e. The standard InChI is InChI=1S/C30H37N7O2/c31-28-13-4-21(19-33-28)20-34-30(39)36-25-8-5-22(6-9-25)23-7-12-26(27(18-23)35-24-10-11-24)29(38)32-14-17-37-15-2-1-3-16-37/h4-9,12-13,18-19,24,35H,1-3,10-11,14-17,20H2,(H2,31,33)(H,32,38)(H2,34,36,39). The van der Waals surface area contributed by atoms with Crippen molar-refractivity contribution in [1.82, 2.24) is 20.5 Å². The largest absolute Gasteiger partial charge is 0.384 e. The first-order chi connectivity index (χ1) is 19.0. The first-order valence-electron chi connectivity index (χ1n) is 13.8. The molecule has 2 fully saturated rings. The number of amides is 3. The second-order valence-electron chi connectivity index (χ2n) is 10.3. The Morgan fingerprint density at radius 2 is 1.69 bits per heavy atom. The Hall–Kier alpha value is -4.11. The van der Waals surface area contributed by atoms with Gasteiger partial charge in [0.1, 0.15) is 5.82 Å². The summed E-state index contributed by atoms with van der Waals surface area (Å²) in [7, 11) is 0. The van der Waals surface area contributed by atoms with Gasteiger partial charge in [-0.15, -0.1) is 0 Å². The molecule has 2 heterocycles. The van der Waals surface area contributed by atoms with Gasteiger partial charge in [-0.2, -0.15) is 0 Å². The molecule has 9 nitrogen and oxygen atoms in total. The molecular formula is C30H37N7O2. The number of nitrogen functional groups attached to an aromatic ring is 1. The number of rotatable bonds is 10. The third-order valence-electron chi connectivity index (χ3n) is 7.14. The van der Waals surface area contributed by atoms with Gasteiger partial charge < -0.3 is 31.9 Å². The van der Waals surface area contributed by atoms with Crippen LogP contribution in [-0.2, 0) is 6.54 Å². The molecule has 0 spiro atoms. The molecule has 0 bridgehead atoms. The zero-order chi connectivity index (χ0) is 27.0. The van der Waals surface area contributed by atoms with Gasteiger partial charge in [-0.05, 0) is 85.8 Å². The number of likely N-dealkylation sites (tertiary alicyclic amines) is 1. The second kappa shape index (κ2) is 12.6. The number of piperidine rings is 1. The molecule has 0 atom stereocenters. The maximum atomic E-state index is 13.0. The van der Waals surface area contributed by atoms with Crippen LogP contribution in [0.4, 0.5) is 22.0 Å². The van der Waals surface area contributed by atoms with E-state index in [0.717, 1.165) is 54.9 Å². The lowest BCUT2D eigenvalue weighted by Crippen LogP contribution is -2.37. The first-order valence-corrected chi connectivity index (χ1v) is 13.8. The molecule has 1 saturated heterocycles. The van der Waals surface area contributed by atoms with Crippen LogP contribution < -0.4 is 27.0 Å². The summed E-state index contributed by atoms with van der Waals surface area (Å²) in [5.74, 6) is 0.405. The average Bonchev–Trinajstić information content (AvgIpc) is 3.78. The van der Waals surface area contributed by atoms with Crippen LogP contribution in [0.5, 0.6) is 0 Å². The van der Waals surface area contributed by atoms with Gasteiger partial charge in [0, 0.05) is 43.2 Å². The number of pyridine rings is 1. The predicted molar refractivity (Wildman–Crippen MR) is 156 cm³/mol. The lowest BCUT2D eigenvalue weighted by Gasteiger charge is -2.26. The van der Waals surface area contributed by atoms with E-state index in [9.17, 15) is 9.59 Å². The topological polar surface area (TPSA) is 124 Å². The Morgan fingerprint density at radius 1 is 0.923 bits per heavy atom. The Balaban J connectivity index is 1.18. The Labute approximate surface area is 229 Å². The summed E-state index contributed by atoms with van der Waals surface area (Å²) in [6.07, 6.45) is 7.69. The fourth-order valence-corrected chi connectivity index (χ4v) is 4.74. The molecule has 1 saturated carbocycles. The van der Waals surface area contributed by atoms with Gasteiger partial charge >= 0.3 is 6.03 Å². The molecule has 9 heteroatoms. The van der Waals surface area contributed by atoms with Gasteiger partial charge in [-0.25, -0.2) is 9.78 Å². The van der Waals surface area contributed by atoms with Crippen LogP contribution in [0.1, 0.15) is 48.0 Å². The fraction of sp³-hybridized carbons (Fsp3) is 0.367. The van der Waals surface area contributed by atoms with Crippen molar-refractivity contribution in [2.45, 2.75) is 44.7 Å². The summed E-state index contributed by atoms with van der Waals surface area (Å²) in [6, 6.07) is 17.3. The highest BCUT2D eigenvalue weighted by Crippen LogP contribution is 2.31. The number of aromatic nitrogens is 1. The molecule has 204 valence electrons. The van der Waals surface area contributed by atoms with E-state index in [1.54, 1.807) is 12.3 Å². The van der Waals surface area contributed by atoms with E-state index < -0.39 is 0 Å². The van der Waals surface area contributed by atoms with E-state index in [0.29, 0.717) is 36.2 Å². The van der Waals surface area contributed by atoms with Crippen LogP contribution in [0.3, 0.4) is 0 Å². The minimum atomic E-state index is -0.300. The van der Waals surface area contributed by atoms with Crippen molar-refractivity contribution in [3.63, 3.8) is 0 Å². The molecule has 6 N–H and O–H groups in total. The maximum absolute atomic E-state index is 13.0. The van der Waals surface area contributed by atoms with Crippen LogP contribution in [0.25, 0.3) is 11.1 Å². The van der Waals surface area contributed by atoms with Gasteiger partial charge in [-0.3, -0.25) is 4.79 Å². The highest BCUT2D eigenvalue weighted by Gasteiger charge is 2.23. The first kappa shape index (κ1) is 26.5. The van der Waals surface area contributed by atoms with Crippen LogP contribution in [-0.4, -0.2) is 54.0 Å². The molecule has 39 heavy (non-hydrogen) atoms. The Morgan fingerprint density at radius 3 is 2.41 bits per heavy atom. The van der Waals surface area contributed by atoms with Crippen molar-refractivity contribution in [2.24, 2.45) is 0 Å². The number of anilines is 3. The number of carbonyl (C=O) groups is 2. The predicted octanol–water partition coefficient (Wildman–Crippen LogP) is 4.44. The van der Waals surface area contributed by atoms with Crippen molar-refractivity contribution in [3.05, 3.63) is 71.9 Å². The summed E-state index contributed by atoms with van der Waals surface area (Å²) >= 11 is 0. The van der Waals surface area contributed by atoms with E-state index >= 15 is 0 Å². The number of benzene rings is 2. The lowest BCUT2D eigenvalue weighted by atomic mass is 10.0. The van der Waals surface area contributed by atoms with Gasteiger partial charge in [0.15, 0.2) is 0 Å². The summed E-state index contributed by atoms with van der Waals surface area (Å²) in [5, 5.41) is 12.3. The van der Waals surface area contributed by atoms with E-state index in [-0.39, 0.29) is 11.9 Å². The smallest absolute Gasteiger partial charge is 0.319 e. The number of carbonyl (C=O) groups excluding carboxylic acids is 2. The summed E-state index contributed by atoms with van der Waals surface area (Å²) in [4.78, 5) is 31.8. The minimum absolute atomic E-state index is 0.0398. The molecule has 5 rings (SSSR count). The SMILES string of the molecule is Nc1ccc(CNC(=O)Nc2ccc(-c3ccc(C(=O)NCCN4CCCCC4)c(NC4CC4)c3)cc2)cn1. The monoisotopic (exact) mass is 527 g/mol. The third-order valence-corrected chi connectivity index (χ3v) is 7.14. The zero-order valence-electron chi connectivity index (χ0n) is 22.2. The molecule has 2 aromatic carbocycles. The summed E-state index contributed by atoms with van der Waals surface area (Å²) < 4.78 is 0. The van der Waals surface area contributed by atoms with E-state index in [2.05, 4.69) is 31.2 Å². The number of hydrogen-bond acceptors (Lipinski definition) is 6. The number of nitrogens with one attached hydrogen (secondary N) is 4. The summed E-state index contributed by atoms with van der Waals surface area (Å²) in [6.45, 7) is 4.15. The molecule has 1 aliphatic heterocycles. The van der Waals surface area contributed by atoms with Crippen molar-refractivity contribution < 1.29 is 9.59 Å². The number of urea groups is 1. The highest BCUT2D eigenvalue weighted by molar-refractivity contribution is 6.00. The van der Waals surface area contributed by atoms with Gasteiger partial charge in [0.25, 0.3) is 5.91 Å². The quantitative estimate of drug-likeness (QED) is 0.266. The molecule has 0 radical (unpaired) electrons. The molecule has 3 amide bonds. The zero-order valence-corrected chi connectivity index (χ0v) is 22.2. The van der Waals surface area contributed by atoms with Crippen molar-refractivity contribution in [3.8, 4) is 11.1 Å². The van der Waals surface area contributed by atoms with Gasteiger partial charge in [0.05, 0.1) is 5.56 Å². The average molecular weight is 528 g/mol. The number of nitrogens with two attached hydrogens (primary N) is 1. The summed E-state index contributed by atoms with van der Waals surface area (Å²) in [5.41, 5.74) is 10.7. The molecule has 2 aliphatic rings. The fourth-order valence-electron chi connectivity index (χ4n) is 4.74. The number of hydrogen-bond donors (Lipinski definition) is 5. The Kier molecular flexibility index (Phi) is 8.58. The lowest BCUT2D eigenvalue weighted by molar-refractivity contribution is 0.0947. The normalized spacial score (nSPS) is 15.4. The van der Waals surface area contributed by atoms with E-state index in [1.807, 2.05) is 48.5 Å². The van der Waals surface area contributed by atoms with Crippen molar-refractivity contribution in [2.75, 3.05) is 42.5 Å². The van der Waals surface area contributed by atoms with Crippen LogP contribution in [0.15, 0.2) is 60.8 Å².